The summed E-state index contributed by atoms with van der Waals surface area (Å²) in [5.74, 6) is -1.51. The summed E-state index contributed by atoms with van der Waals surface area (Å²) >= 11 is 0. The normalized spacial score (nSPS) is 20.9. The summed E-state index contributed by atoms with van der Waals surface area (Å²) in [4.78, 5) is 2.33. The highest BCUT2D eigenvalue weighted by Crippen LogP contribution is 2.30. The SMILES string of the molecule is CC(NCC1(C)CCN(C)CC1)c1cccc(F)c1F. The van der Waals surface area contributed by atoms with Crippen LogP contribution in [0.5, 0.6) is 0 Å². The molecule has 2 rings (SSSR count). The molecule has 112 valence electrons. The Kier molecular flexibility index (Phi) is 4.76. The second-order valence-corrected chi connectivity index (χ2v) is 6.36. The summed E-state index contributed by atoms with van der Waals surface area (Å²) in [5.41, 5.74) is 0.645. The van der Waals surface area contributed by atoms with Crippen molar-refractivity contribution < 1.29 is 8.78 Å². The molecule has 4 heteroatoms. The predicted molar refractivity (Wildman–Crippen MR) is 77.6 cm³/mol. The van der Waals surface area contributed by atoms with Crippen LogP contribution in [0.1, 0.15) is 38.3 Å². The van der Waals surface area contributed by atoms with Crippen LogP contribution in [0.15, 0.2) is 18.2 Å². The molecule has 1 aliphatic rings. The zero-order valence-corrected chi connectivity index (χ0v) is 12.5. The van der Waals surface area contributed by atoms with Crippen LogP contribution in [-0.4, -0.2) is 31.6 Å². The van der Waals surface area contributed by atoms with E-state index in [1.54, 1.807) is 12.1 Å². The third kappa shape index (κ3) is 3.55. The molecule has 1 atom stereocenters. The third-order valence-electron chi connectivity index (χ3n) is 4.48. The minimum Gasteiger partial charge on any atom is -0.310 e. The van der Waals surface area contributed by atoms with Crippen molar-refractivity contribution in [3.8, 4) is 0 Å². The number of halogens is 2. The molecule has 1 heterocycles. The van der Waals surface area contributed by atoms with E-state index in [-0.39, 0.29) is 11.5 Å². The van der Waals surface area contributed by atoms with Crippen molar-refractivity contribution in [2.24, 2.45) is 5.41 Å². The van der Waals surface area contributed by atoms with E-state index in [0.29, 0.717) is 5.56 Å². The van der Waals surface area contributed by atoms with E-state index in [4.69, 9.17) is 0 Å². The van der Waals surface area contributed by atoms with E-state index in [1.165, 1.54) is 0 Å². The number of nitrogens with one attached hydrogen (secondary N) is 1. The van der Waals surface area contributed by atoms with Gasteiger partial charge in [0, 0.05) is 18.2 Å². The number of nitrogens with zero attached hydrogens (tertiary/aromatic N) is 1. The van der Waals surface area contributed by atoms with Crippen LogP contribution < -0.4 is 5.32 Å². The largest absolute Gasteiger partial charge is 0.310 e. The number of rotatable bonds is 4. The molecule has 1 aromatic carbocycles. The summed E-state index contributed by atoms with van der Waals surface area (Å²) in [6, 6.07) is 4.18. The molecule has 0 bridgehead atoms. The fraction of sp³-hybridized carbons (Fsp3) is 0.625. The molecule has 0 amide bonds. The Labute approximate surface area is 120 Å². The van der Waals surface area contributed by atoms with E-state index in [0.717, 1.165) is 38.5 Å². The molecule has 20 heavy (non-hydrogen) atoms. The maximum atomic E-state index is 13.7. The van der Waals surface area contributed by atoms with Gasteiger partial charge in [-0.3, -0.25) is 0 Å². The van der Waals surface area contributed by atoms with Gasteiger partial charge in [0.05, 0.1) is 0 Å². The average molecular weight is 282 g/mol. The fourth-order valence-electron chi connectivity index (χ4n) is 2.70. The van der Waals surface area contributed by atoms with Crippen LogP contribution in [-0.2, 0) is 0 Å². The van der Waals surface area contributed by atoms with Gasteiger partial charge in [0.15, 0.2) is 11.6 Å². The lowest BCUT2D eigenvalue weighted by atomic mass is 9.80. The molecule has 1 unspecified atom stereocenters. The van der Waals surface area contributed by atoms with Crippen LogP contribution in [0.25, 0.3) is 0 Å². The Hall–Kier alpha value is -1.00. The van der Waals surface area contributed by atoms with Gasteiger partial charge in [-0.1, -0.05) is 19.1 Å². The van der Waals surface area contributed by atoms with Gasteiger partial charge in [-0.05, 0) is 51.4 Å². The van der Waals surface area contributed by atoms with Crippen LogP contribution in [0.4, 0.5) is 8.78 Å². The maximum absolute atomic E-state index is 13.7. The van der Waals surface area contributed by atoms with Crippen molar-refractivity contribution in [3.63, 3.8) is 0 Å². The smallest absolute Gasteiger partial charge is 0.163 e. The number of piperidine rings is 1. The summed E-state index contributed by atoms with van der Waals surface area (Å²) in [6.45, 7) is 7.18. The second-order valence-electron chi connectivity index (χ2n) is 6.36. The monoisotopic (exact) mass is 282 g/mol. The summed E-state index contributed by atoms with van der Waals surface area (Å²) in [6.07, 6.45) is 2.27. The highest BCUT2D eigenvalue weighted by Gasteiger charge is 2.29. The highest BCUT2D eigenvalue weighted by molar-refractivity contribution is 5.22. The van der Waals surface area contributed by atoms with Crippen molar-refractivity contribution in [2.45, 2.75) is 32.7 Å². The number of likely N-dealkylation sites (tertiary alicyclic amines) is 1. The van der Waals surface area contributed by atoms with Gasteiger partial charge < -0.3 is 10.2 Å². The summed E-state index contributed by atoms with van der Waals surface area (Å²) in [7, 11) is 2.14. The first-order valence-electron chi connectivity index (χ1n) is 7.27. The lowest BCUT2D eigenvalue weighted by Gasteiger charge is -2.38. The zero-order chi connectivity index (χ0) is 14.8. The molecule has 1 N–H and O–H groups in total. The Morgan fingerprint density at radius 1 is 1.30 bits per heavy atom. The Morgan fingerprint density at radius 3 is 2.60 bits per heavy atom. The fourth-order valence-corrected chi connectivity index (χ4v) is 2.70. The van der Waals surface area contributed by atoms with Gasteiger partial charge in [0.1, 0.15) is 0 Å². The first kappa shape index (κ1) is 15.4. The van der Waals surface area contributed by atoms with Gasteiger partial charge >= 0.3 is 0 Å². The van der Waals surface area contributed by atoms with Crippen molar-refractivity contribution in [3.05, 3.63) is 35.4 Å². The molecule has 0 aromatic heterocycles. The first-order chi connectivity index (χ1) is 9.41. The van der Waals surface area contributed by atoms with Crippen LogP contribution in [0, 0.1) is 17.0 Å². The summed E-state index contributed by atoms with van der Waals surface area (Å²) in [5, 5.41) is 3.37. The quantitative estimate of drug-likeness (QED) is 0.911. The van der Waals surface area contributed by atoms with Crippen molar-refractivity contribution in [2.75, 3.05) is 26.7 Å². The highest BCUT2D eigenvalue weighted by atomic mass is 19.2. The lowest BCUT2D eigenvalue weighted by molar-refractivity contribution is 0.134. The Balaban J connectivity index is 1.95. The number of hydrogen-bond donors (Lipinski definition) is 1. The van der Waals surface area contributed by atoms with Crippen LogP contribution in [0.2, 0.25) is 0 Å². The van der Waals surface area contributed by atoms with Crippen molar-refractivity contribution >= 4 is 0 Å². The zero-order valence-electron chi connectivity index (χ0n) is 12.5. The van der Waals surface area contributed by atoms with Crippen LogP contribution in [0.3, 0.4) is 0 Å². The molecule has 1 fully saturated rings. The maximum Gasteiger partial charge on any atom is 0.163 e. The van der Waals surface area contributed by atoms with Gasteiger partial charge in [-0.15, -0.1) is 0 Å². The molecule has 0 spiro atoms. The molecule has 1 aliphatic heterocycles. The van der Waals surface area contributed by atoms with E-state index >= 15 is 0 Å². The lowest BCUT2D eigenvalue weighted by Crippen LogP contribution is -2.42. The van der Waals surface area contributed by atoms with Gasteiger partial charge in [-0.25, -0.2) is 8.78 Å². The minimum atomic E-state index is -0.776. The molecule has 0 saturated carbocycles. The number of benzene rings is 1. The molecular weight excluding hydrogens is 258 g/mol. The van der Waals surface area contributed by atoms with E-state index in [2.05, 4.69) is 24.2 Å². The van der Waals surface area contributed by atoms with Crippen LogP contribution >= 0.6 is 0 Å². The van der Waals surface area contributed by atoms with E-state index < -0.39 is 11.6 Å². The Bertz CT molecular complexity index is 454. The van der Waals surface area contributed by atoms with Gasteiger partial charge in [-0.2, -0.15) is 0 Å². The van der Waals surface area contributed by atoms with E-state index in [9.17, 15) is 8.78 Å². The molecule has 1 saturated heterocycles. The first-order valence-corrected chi connectivity index (χ1v) is 7.27. The molecular formula is C16H24F2N2. The molecule has 0 radical (unpaired) electrons. The third-order valence-corrected chi connectivity index (χ3v) is 4.48. The Morgan fingerprint density at radius 2 is 1.95 bits per heavy atom. The average Bonchev–Trinajstić information content (AvgIpc) is 2.43. The molecule has 0 aliphatic carbocycles. The van der Waals surface area contributed by atoms with Gasteiger partial charge in [0.25, 0.3) is 0 Å². The predicted octanol–water partition coefficient (Wildman–Crippen LogP) is 3.35. The van der Waals surface area contributed by atoms with Crippen molar-refractivity contribution in [1.82, 2.24) is 10.2 Å². The molecule has 1 aromatic rings. The van der Waals surface area contributed by atoms with E-state index in [1.807, 2.05) is 6.92 Å². The standard InChI is InChI=1S/C16H24F2N2/c1-12(13-5-4-6-14(17)15(13)18)19-11-16(2)7-9-20(3)10-8-16/h4-6,12,19H,7-11H2,1-3H3. The topological polar surface area (TPSA) is 15.3 Å². The number of hydrogen-bond acceptors (Lipinski definition) is 2. The summed E-state index contributed by atoms with van der Waals surface area (Å²) < 4.78 is 27.0. The van der Waals surface area contributed by atoms with Crippen molar-refractivity contribution in [1.29, 1.82) is 0 Å². The minimum absolute atomic E-state index is 0.179. The second kappa shape index (κ2) is 6.19. The molecule has 2 nitrogen and oxygen atoms in total. The van der Waals surface area contributed by atoms with Gasteiger partial charge in [0.2, 0.25) is 0 Å².